The minimum absolute atomic E-state index is 1.11. The zero-order chi connectivity index (χ0) is 31.4. The molecule has 0 atom stereocenters. The van der Waals surface area contributed by atoms with Gasteiger partial charge in [0.15, 0.2) is 0 Å². The Morgan fingerprint density at radius 2 is 0.660 bits per heavy atom. The molecule has 0 aliphatic heterocycles. The van der Waals surface area contributed by atoms with Gasteiger partial charge in [0, 0.05) is 17.1 Å². The molecule has 0 aliphatic rings. The molecule has 0 aromatic heterocycles. The summed E-state index contributed by atoms with van der Waals surface area (Å²) in [5, 5.41) is 2.46. The molecule has 0 fully saturated rings. The molecule has 0 spiro atoms. The van der Waals surface area contributed by atoms with Crippen LogP contribution in [0.25, 0.3) is 55.3 Å². The van der Waals surface area contributed by atoms with Crippen molar-refractivity contribution >= 4 is 27.8 Å². The minimum Gasteiger partial charge on any atom is -0.310 e. The minimum atomic E-state index is 1.11. The Morgan fingerprint density at radius 3 is 1.26 bits per heavy atom. The van der Waals surface area contributed by atoms with Crippen molar-refractivity contribution < 1.29 is 0 Å². The van der Waals surface area contributed by atoms with Crippen LogP contribution in [0.2, 0.25) is 0 Å². The third kappa shape index (κ3) is 5.83. The number of fused-ring (bicyclic) bond motifs is 1. The van der Waals surface area contributed by atoms with Crippen LogP contribution < -0.4 is 4.90 Å². The molecule has 0 radical (unpaired) electrons. The predicted octanol–water partition coefficient (Wildman–Crippen LogP) is 13.0. The van der Waals surface area contributed by atoms with E-state index in [4.69, 9.17) is 0 Å². The van der Waals surface area contributed by atoms with E-state index in [9.17, 15) is 0 Å². The monoisotopic (exact) mass is 599 g/mol. The van der Waals surface area contributed by atoms with Gasteiger partial charge in [0.1, 0.15) is 0 Å². The SMILES string of the molecule is c1ccc(-c2ccc(N(c3ccc(-c4ccc(-c5ccccc5)c(-c5ccccc5)c4)cc3)c3ccc4ccccc4c3)cc2)cc1. The van der Waals surface area contributed by atoms with E-state index in [1.807, 2.05) is 0 Å². The van der Waals surface area contributed by atoms with E-state index < -0.39 is 0 Å². The quantitative estimate of drug-likeness (QED) is 0.176. The van der Waals surface area contributed by atoms with Crippen LogP contribution in [-0.2, 0) is 0 Å². The van der Waals surface area contributed by atoms with E-state index >= 15 is 0 Å². The molecule has 0 amide bonds. The Morgan fingerprint density at radius 1 is 0.234 bits per heavy atom. The fourth-order valence-corrected chi connectivity index (χ4v) is 6.45. The van der Waals surface area contributed by atoms with Gasteiger partial charge < -0.3 is 4.90 Å². The summed E-state index contributed by atoms with van der Waals surface area (Å²) >= 11 is 0. The van der Waals surface area contributed by atoms with Crippen LogP contribution >= 0.6 is 0 Å². The van der Waals surface area contributed by atoms with Crippen molar-refractivity contribution in [3.05, 3.63) is 200 Å². The van der Waals surface area contributed by atoms with Crippen LogP contribution in [0.15, 0.2) is 200 Å². The van der Waals surface area contributed by atoms with Gasteiger partial charge in [-0.1, -0.05) is 158 Å². The molecule has 0 saturated heterocycles. The lowest BCUT2D eigenvalue weighted by atomic mass is 9.91. The first-order valence-electron chi connectivity index (χ1n) is 16.1. The van der Waals surface area contributed by atoms with E-state index in [1.54, 1.807) is 0 Å². The first-order valence-corrected chi connectivity index (χ1v) is 16.1. The summed E-state index contributed by atoms with van der Waals surface area (Å²) in [5.41, 5.74) is 13.1. The molecule has 8 aromatic carbocycles. The van der Waals surface area contributed by atoms with E-state index in [1.165, 1.54) is 55.3 Å². The second kappa shape index (κ2) is 12.7. The molecule has 0 bridgehead atoms. The summed E-state index contributed by atoms with van der Waals surface area (Å²) in [5.74, 6) is 0. The van der Waals surface area contributed by atoms with Gasteiger partial charge in [0.05, 0.1) is 0 Å². The first-order chi connectivity index (χ1) is 23.3. The zero-order valence-corrected chi connectivity index (χ0v) is 26.0. The Balaban J connectivity index is 1.19. The van der Waals surface area contributed by atoms with Crippen molar-refractivity contribution in [2.24, 2.45) is 0 Å². The van der Waals surface area contributed by atoms with Crippen LogP contribution in [0, 0.1) is 0 Å². The summed E-state index contributed by atoms with van der Waals surface area (Å²) in [6.07, 6.45) is 0. The first kappa shape index (κ1) is 28.3. The maximum atomic E-state index is 2.35. The van der Waals surface area contributed by atoms with Gasteiger partial charge in [0.2, 0.25) is 0 Å². The second-order valence-electron chi connectivity index (χ2n) is 11.8. The summed E-state index contributed by atoms with van der Waals surface area (Å²) in [6, 6.07) is 71.8. The third-order valence-corrected chi connectivity index (χ3v) is 8.87. The van der Waals surface area contributed by atoms with Gasteiger partial charge in [0.25, 0.3) is 0 Å². The highest BCUT2D eigenvalue weighted by Crippen LogP contribution is 2.39. The number of benzene rings is 8. The lowest BCUT2D eigenvalue weighted by molar-refractivity contribution is 1.29. The fourth-order valence-electron chi connectivity index (χ4n) is 6.45. The summed E-state index contributed by atoms with van der Waals surface area (Å²) in [7, 11) is 0. The van der Waals surface area contributed by atoms with Crippen molar-refractivity contribution in [3.8, 4) is 44.5 Å². The molecule has 0 unspecified atom stereocenters. The van der Waals surface area contributed by atoms with Crippen LogP contribution in [0.3, 0.4) is 0 Å². The molecule has 0 N–H and O–H groups in total. The van der Waals surface area contributed by atoms with Crippen LogP contribution in [0.5, 0.6) is 0 Å². The second-order valence-corrected chi connectivity index (χ2v) is 11.8. The molecule has 1 nitrogen and oxygen atoms in total. The zero-order valence-electron chi connectivity index (χ0n) is 26.0. The molecule has 8 rings (SSSR count). The number of hydrogen-bond donors (Lipinski definition) is 0. The molecule has 0 heterocycles. The largest absolute Gasteiger partial charge is 0.310 e. The van der Waals surface area contributed by atoms with E-state index in [0.717, 1.165) is 17.1 Å². The van der Waals surface area contributed by atoms with Crippen LogP contribution in [0.4, 0.5) is 17.1 Å². The van der Waals surface area contributed by atoms with Crippen LogP contribution in [0.1, 0.15) is 0 Å². The maximum absolute atomic E-state index is 2.35. The molecular formula is C46H33N. The Kier molecular flexibility index (Phi) is 7.63. The number of hydrogen-bond acceptors (Lipinski definition) is 1. The normalized spacial score (nSPS) is 11.0. The predicted molar refractivity (Wildman–Crippen MR) is 200 cm³/mol. The van der Waals surface area contributed by atoms with Crippen molar-refractivity contribution in [3.63, 3.8) is 0 Å². The summed E-state index contributed by atoms with van der Waals surface area (Å²) < 4.78 is 0. The number of nitrogens with zero attached hydrogens (tertiary/aromatic N) is 1. The Hall–Kier alpha value is -6.18. The van der Waals surface area contributed by atoms with Crippen molar-refractivity contribution in [2.45, 2.75) is 0 Å². The lowest BCUT2D eigenvalue weighted by Gasteiger charge is -2.26. The van der Waals surface area contributed by atoms with Crippen LogP contribution in [-0.4, -0.2) is 0 Å². The van der Waals surface area contributed by atoms with Gasteiger partial charge >= 0.3 is 0 Å². The van der Waals surface area contributed by atoms with Crippen molar-refractivity contribution in [2.75, 3.05) is 4.90 Å². The highest BCUT2D eigenvalue weighted by atomic mass is 15.1. The average Bonchev–Trinajstić information content (AvgIpc) is 3.16. The highest BCUT2D eigenvalue weighted by Gasteiger charge is 2.15. The maximum Gasteiger partial charge on any atom is 0.0468 e. The molecule has 222 valence electrons. The standard InChI is InChI=1S/C46H33N/c1-4-12-34(13-5-1)36-20-26-42(27-21-36)47(44-30-24-35-14-10-11-19-40(35)32-44)43-28-22-37(23-29-43)41-25-31-45(38-15-6-2-7-16-38)46(33-41)39-17-8-3-9-18-39/h1-33H. The van der Waals surface area contributed by atoms with Gasteiger partial charge in [-0.05, 0) is 97.7 Å². The summed E-state index contributed by atoms with van der Waals surface area (Å²) in [6.45, 7) is 0. The molecular weight excluding hydrogens is 567 g/mol. The molecule has 1 heteroatoms. The van der Waals surface area contributed by atoms with E-state index in [2.05, 4.69) is 205 Å². The number of rotatable bonds is 7. The van der Waals surface area contributed by atoms with Gasteiger partial charge in [-0.3, -0.25) is 0 Å². The Labute approximate surface area is 276 Å². The third-order valence-electron chi connectivity index (χ3n) is 8.87. The topological polar surface area (TPSA) is 3.24 Å². The Bertz CT molecular complexity index is 2250. The molecule has 8 aromatic rings. The van der Waals surface area contributed by atoms with Gasteiger partial charge in [-0.2, -0.15) is 0 Å². The van der Waals surface area contributed by atoms with Gasteiger partial charge in [-0.25, -0.2) is 0 Å². The smallest absolute Gasteiger partial charge is 0.0468 e. The van der Waals surface area contributed by atoms with E-state index in [-0.39, 0.29) is 0 Å². The van der Waals surface area contributed by atoms with Gasteiger partial charge in [-0.15, -0.1) is 0 Å². The van der Waals surface area contributed by atoms with Crippen molar-refractivity contribution in [1.29, 1.82) is 0 Å². The molecule has 0 saturated carbocycles. The highest BCUT2D eigenvalue weighted by molar-refractivity contribution is 5.90. The summed E-state index contributed by atoms with van der Waals surface area (Å²) in [4.78, 5) is 2.35. The number of anilines is 3. The average molecular weight is 600 g/mol. The fraction of sp³-hybridized carbons (Fsp3) is 0. The van der Waals surface area contributed by atoms with Crippen molar-refractivity contribution in [1.82, 2.24) is 0 Å². The molecule has 47 heavy (non-hydrogen) atoms. The van der Waals surface area contributed by atoms with E-state index in [0.29, 0.717) is 0 Å². The molecule has 0 aliphatic carbocycles. The lowest BCUT2D eigenvalue weighted by Crippen LogP contribution is -2.09.